The molecule has 0 bridgehead atoms. The Morgan fingerprint density at radius 2 is 1.67 bits per heavy atom. The molecule has 1 aliphatic heterocycles. The number of fused-ring (bicyclic) bond motifs is 4. The van der Waals surface area contributed by atoms with Crippen LogP contribution in [0.3, 0.4) is 0 Å². The van der Waals surface area contributed by atoms with E-state index in [9.17, 15) is 9.59 Å². The van der Waals surface area contributed by atoms with Crippen LogP contribution in [0.4, 0.5) is 0 Å². The van der Waals surface area contributed by atoms with Crippen LogP contribution in [0.5, 0.6) is 17.2 Å². The second-order valence-electron chi connectivity index (χ2n) is 7.51. The van der Waals surface area contributed by atoms with Gasteiger partial charge in [0.1, 0.15) is 23.9 Å². The van der Waals surface area contributed by atoms with Gasteiger partial charge in [-0.25, -0.2) is 4.79 Å². The fraction of sp³-hybridized carbons (Fsp3) is 0.200. The van der Waals surface area contributed by atoms with E-state index < -0.39 is 5.97 Å². The maximum absolute atomic E-state index is 12.6. The number of benzene rings is 3. The molecule has 0 aromatic heterocycles. The molecule has 0 N–H and O–H groups in total. The summed E-state index contributed by atoms with van der Waals surface area (Å²) in [5.74, 6) is 1.64. The van der Waals surface area contributed by atoms with Crippen molar-refractivity contribution in [3.05, 3.63) is 76.9 Å². The van der Waals surface area contributed by atoms with Gasteiger partial charge in [0, 0.05) is 17.5 Å². The molecule has 5 heteroatoms. The molecule has 0 amide bonds. The number of aryl methyl sites for hydroxylation is 1. The molecule has 3 aromatic rings. The van der Waals surface area contributed by atoms with Crippen LogP contribution >= 0.6 is 0 Å². The summed E-state index contributed by atoms with van der Waals surface area (Å²) in [6.07, 6.45) is 2.38. The van der Waals surface area contributed by atoms with E-state index in [4.69, 9.17) is 14.2 Å². The summed E-state index contributed by atoms with van der Waals surface area (Å²) < 4.78 is 16.5. The van der Waals surface area contributed by atoms with E-state index in [1.54, 1.807) is 37.4 Å². The molecular formula is C25H20O5. The Morgan fingerprint density at radius 3 is 2.47 bits per heavy atom. The van der Waals surface area contributed by atoms with Crippen molar-refractivity contribution in [2.24, 2.45) is 0 Å². The van der Waals surface area contributed by atoms with Crippen molar-refractivity contribution in [1.29, 1.82) is 0 Å². The molecule has 2 aliphatic rings. The van der Waals surface area contributed by atoms with Crippen molar-refractivity contribution < 1.29 is 23.8 Å². The number of ketones is 1. The quantitative estimate of drug-likeness (QED) is 0.458. The van der Waals surface area contributed by atoms with Crippen molar-refractivity contribution in [3.8, 4) is 28.4 Å². The van der Waals surface area contributed by atoms with Crippen LogP contribution in [-0.4, -0.2) is 18.9 Å². The zero-order valence-electron chi connectivity index (χ0n) is 16.6. The van der Waals surface area contributed by atoms with Crippen LogP contribution in [0.15, 0.2) is 54.6 Å². The van der Waals surface area contributed by atoms with E-state index in [0.717, 1.165) is 46.4 Å². The molecule has 0 radical (unpaired) electrons. The number of carbonyl (C=O) groups excluding carboxylic acids is 2. The van der Waals surface area contributed by atoms with Gasteiger partial charge >= 0.3 is 5.97 Å². The van der Waals surface area contributed by atoms with Crippen molar-refractivity contribution in [1.82, 2.24) is 0 Å². The number of esters is 1. The van der Waals surface area contributed by atoms with Gasteiger partial charge in [-0.05, 0) is 78.1 Å². The third-order valence-corrected chi connectivity index (χ3v) is 5.64. The number of rotatable bonds is 3. The SMILES string of the molecule is COc1ccc(OC(=O)c2ccc3c(c2)COc2cc4c(cc2-3)CCCC4=O)cc1. The monoisotopic (exact) mass is 400 g/mol. The number of Topliss-reactive ketones (excluding diaryl/α,β-unsaturated/α-hetero) is 1. The van der Waals surface area contributed by atoms with E-state index in [1.807, 2.05) is 18.2 Å². The van der Waals surface area contributed by atoms with Crippen LogP contribution in [-0.2, 0) is 13.0 Å². The maximum atomic E-state index is 12.6. The zero-order chi connectivity index (χ0) is 20.7. The van der Waals surface area contributed by atoms with Crippen LogP contribution in [0.25, 0.3) is 11.1 Å². The van der Waals surface area contributed by atoms with Gasteiger partial charge < -0.3 is 14.2 Å². The predicted molar refractivity (Wildman–Crippen MR) is 111 cm³/mol. The van der Waals surface area contributed by atoms with E-state index in [2.05, 4.69) is 6.07 Å². The fourth-order valence-electron chi connectivity index (χ4n) is 4.06. The smallest absolute Gasteiger partial charge is 0.343 e. The zero-order valence-corrected chi connectivity index (χ0v) is 16.6. The molecule has 5 rings (SSSR count). The third-order valence-electron chi connectivity index (χ3n) is 5.64. The molecule has 0 fully saturated rings. The Bertz CT molecular complexity index is 1160. The molecule has 30 heavy (non-hydrogen) atoms. The average Bonchev–Trinajstić information content (AvgIpc) is 2.78. The van der Waals surface area contributed by atoms with Crippen LogP contribution in [0.2, 0.25) is 0 Å². The van der Waals surface area contributed by atoms with Crippen LogP contribution < -0.4 is 14.2 Å². The predicted octanol–water partition coefficient (Wildman–Crippen LogP) is 4.99. The first-order valence-electron chi connectivity index (χ1n) is 9.95. The summed E-state index contributed by atoms with van der Waals surface area (Å²) in [7, 11) is 1.59. The van der Waals surface area contributed by atoms with Gasteiger partial charge in [-0.3, -0.25) is 4.79 Å². The average molecular weight is 400 g/mol. The third kappa shape index (κ3) is 3.22. The summed E-state index contributed by atoms with van der Waals surface area (Å²) in [5, 5.41) is 0. The van der Waals surface area contributed by atoms with Gasteiger partial charge in [0.25, 0.3) is 0 Å². The van der Waals surface area contributed by atoms with Crippen LogP contribution in [0.1, 0.15) is 44.7 Å². The molecule has 150 valence electrons. The first-order chi connectivity index (χ1) is 14.6. The molecule has 1 heterocycles. The lowest BCUT2D eigenvalue weighted by atomic mass is 9.86. The minimum Gasteiger partial charge on any atom is -0.497 e. The lowest BCUT2D eigenvalue weighted by molar-refractivity contribution is 0.0734. The second-order valence-corrected chi connectivity index (χ2v) is 7.51. The van der Waals surface area contributed by atoms with Crippen molar-refractivity contribution in [2.75, 3.05) is 7.11 Å². The summed E-state index contributed by atoms with van der Waals surface area (Å²) in [4.78, 5) is 24.8. The highest BCUT2D eigenvalue weighted by molar-refractivity contribution is 6.00. The molecule has 1 aliphatic carbocycles. The van der Waals surface area contributed by atoms with Gasteiger partial charge in [0.2, 0.25) is 0 Å². The number of hydrogen-bond donors (Lipinski definition) is 0. The van der Waals surface area contributed by atoms with Gasteiger partial charge in [-0.15, -0.1) is 0 Å². The highest BCUT2D eigenvalue weighted by Crippen LogP contribution is 2.41. The number of carbonyl (C=O) groups is 2. The van der Waals surface area contributed by atoms with Gasteiger partial charge in [0.15, 0.2) is 5.78 Å². The first kappa shape index (κ1) is 18.4. The Morgan fingerprint density at radius 1 is 0.867 bits per heavy atom. The molecule has 0 saturated carbocycles. The Labute approximate surface area is 174 Å². The Hall–Kier alpha value is -3.60. The first-order valence-corrected chi connectivity index (χ1v) is 9.95. The van der Waals surface area contributed by atoms with Gasteiger partial charge in [-0.1, -0.05) is 6.07 Å². The van der Waals surface area contributed by atoms with E-state index in [1.165, 1.54) is 0 Å². The molecule has 0 spiro atoms. The highest BCUT2D eigenvalue weighted by Gasteiger charge is 2.25. The molecule has 0 saturated heterocycles. The Balaban J connectivity index is 1.43. The van der Waals surface area contributed by atoms with E-state index in [0.29, 0.717) is 30.1 Å². The van der Waals surface area contributed by atoms with Crippen molar-refractivity contribution >= 4 is 11.8 Å². The summed E-state index contributed by atoms with van der Waals surface area (Å²) >= 11 is 0. The lowest BCUT2D eigenvalue weighted by Gasteiger charge is -2.24. The molecule has 0 unspecified atom stereocenters. The van der Waals surface area contributed by atoms with E-state index >= 15 is 0 Å². The molecule has 0 atom stereocenters. The summed E-state index contributed by atoms with van der Waals surface area (Å²) in [6, 6.07) is 16.3. The largest absolute Gasteiger partial charge is 0.497 e. The highest BCUT2D eigenvalue weighted by atomic mass is 16.5. The molecule has 5 nitrogen and oxygen atoms in total. The standard InChI is InChI=1S/C25H20O5/c1-28-18-6-8-19(9-7-18)30-25(27)16-5-10-20-17(11-16)14-29-24-13-21-15(12-22(20)24)3-2-4-23(21)26/h5-13H,2-4,14H2,1H3. The Kier molecular flexibility index (Phi) is 4.51. The molecule has 3 aromatic carbocycles. The topological polar surface area (TPSA) is 61.8 Å². The number of ether oxygens (including phenoxy) is 3. The van der Waals surface area contributed by atoms with Gasteiger partial charge in [0.05, 0.1) is 12.7 Å². The normalized spacial score (nSPS) is 14.1. The molecular weight excluding hydrogens is 380 g/mol. The van der Waals surface area contributed by atoms with E-state index in [-0.39, 0.29) is 5.78 Å². The summed E-state index contributed by atoms with van der Waals surface area (Å²) in [6.45, 7) is 0.346. The fourth-order valence-corrected chi connectivity index (χ4v) is 4.06. The van der Waals surface area contributed by atoms with Gasteiger partial charge in [-0.2, -0.15) is 0 Å². The number of methoxy groups -OCH3 is 1. The maximum Gasteiger partial charge on any atom is 0.343 e. The minimum atomic E-state index is -0.426. The lowest BCUT2D eigenvalue weighted by Crippen LogP contribution is -2.14. The number of hydrogen-bond acceptors (Lipinski definition) is 5. The van der Waals surface area contributed by atoms with Crippen molar-refractivity contribution in [3.63, 3.8) is 0 Å². The van der Waals surface area contributed by atoms with Crippen LogP contribution in [0, 0.1) is 0 Å². The van der Waals surface area contributed by atoms with Crippen molar-refractivity contribution in [2.45, 2.75) is 25.9 Å². The minimum absolute atomic E-state index is 0.185. The summed E-state index contributed by atoms with van der Waals surface area (Å²) in [5.41, 5.74) is 5.24. The second kappa shape index (κ2) is 7.34.